The molecule has 2 heterocycles. The van der Waals surface area contributed by atoms with Crippen LogP contribution in [0, 0.1) is 0 Å². The fourth-order valence-electron chi connectivity index (χ4n) is 3.54. The SMILES string of the molecule is CC(C)N(C(C)C)[P+](O)(O)OC1CC2CCC(C1)N2. The highest BCUT2D eigenvalue weighted by atomic mass is 31.2. The van der Waals surface area contributed by atoms with Gasteiger partial charge in [-0.25, -0.2) is 0 Å². The second-order valence-electron chi connectivity index (χ2n) is 6.42. The molecule has 2 aliphatic rings. The molecular weight excluding hydrogens is 263 g/mol. The van der Waals surface area contributed by atoms with Crippen molar-refractivity contribution in [3.05, 3.63) is 0 Å². The summed E-state index contributed by atoms with van der Waals surface area (Å²) in [5, 5.41) is 3.54. The summed E-state index contributed by atoms with van der Waals surface area (Å²) < 4.78 is 7.46. The summed E-state index contributed by atoms with van der Waals surface area (Å²) >= 11 is 0. The molecule has 19 heavy (non-hydrogen) atoms. The van der Waals surface area contributed by atoms with E-state index in [1.54, 1.807) is 4.67 Å². The Morgan fingerprint density at radius 1 is 1.05 bits per heavy atom. The zero-order valence-electron chi connectivity index (χ0n) is 12.4. The van der Waals surface area contributed by atoms with Crippen molar-refractivity contribution in [1.29, 1.82) is 0 Å². The topological polar surface area (TPSA) is 65.0 Å². The molecule has 0 saturated carbocycles. The molecule has 0 radical (unpaired) electrons. The second-order valence-corrected chi connectivity index (χ2v) is 8.12. The van der Waals surface area contributed by atoms with Crippen molar-refractivity contribution in [3.8, 4) is 0 Å². The maximum atomic E-state index is 10.4. The number of piperidine rings is 1. The molecule has 2 unspecified atom stereocenters. The van der Waals surface area contributed by atoms with Crippen LogP contribution in [0.5, 0.6) is 0 Å². The van der Waals surface area contributed by atoms with Gasteiger partial charge in [-0.15, -0.1) is 0 Å². The van der Waals surface area contributed by atoms with E-state index >= 15 is 0 Å². The van der Waals surface area contributed by atoms with Crippen LogP contribution in [0.15, 0.2) is 0 Å². The van der Waals surface area contributed by atoms with Crippen molar-refractivity contribution in [2.45, 2.75) is 83.6 Å². The van der Waals surface area contributed by atoms with Crippen molar-refractivity contribution < 1.29 is 14.3 Å². The van der Waals surface area contributed by atoms with E-state index < -0.39 is 8.09 Å². The number of hydrogen-bond donors (Lipinski definition) is 3. The molecule has 2 fully saturated rings. The summed E-state index contributed by atoms with van der Waals surface area (Å²) in [6, 6.07) is 1.11. The second kappa shape index (κ2) is 5.92. The molecule has 2 saturated heterocycles. The van der Waals surface area contributed by atoms with Crippen LogP contribution in [0.1, 0.15) is 53.4 Å². The molecular formula is C13H28N2O3P+. The number of nitrogens with one attached hydrogen (secondary N) is 1. The van der Waals surface area contributed by atoms with E-state index in [2.05, 4.69) is 5.32 Å². The van der Waals surface area contributed by atoms with Crippen molar-refractivity contribution in [2.24, 2.45) is 0 Å². The molecule has 2 bridgehead atoms. The van der Waals surface area contributed by atoms with Crippen LogP contribution >= 0.6 is 8.09 Å². The molecule has 2 aliphatic heterocycles. The minimum Gasteiger partial charge on any atom is -0.311 e. The Hall–Kier alpha value is 0.230. The third-order valence-corrected chi connectivity index (χ3v) is 6.19. The summed E-state index contributed by atoms with van der Waals surface area (Å²) in [6.45, 7) is 7.88. The van der Waals surface area contributed by atoms with Gasteiger partial charge in [-0.1, -0.05) is 4.67 Å². The molecule has 0 amide bonds. The molecule has 3 N–H and O–H groups in total. The molecule has 2 atom stereocenters. The van der Waals surface area contributed by atoms with Crippen molar-refractivity contribution >= 4 is 8.09 Å². The van der Waals surface area contributed by atoms with Gasteiger partial charge in [0.1, 0.15) is 6.10 Å². The first-order chi connectivity index (χ1) is 8.79. The molecule has 0 aliphatic carbocycles. The van der Waals surface area contributed by atoms with Crippen LogP contribution in [-0.2, 0) is 4.52 Å². The summed E-state index contributed by atoms with van der Waals surface area (Å²) in [4.78, 5) is 20.8. The van der Waals surface area contributed by atoms with Crippen molar-refractivity contribution in [1.82, 2.24) is 9.99 Å². The van der Waals surface area contributed by atoms with Crippen LogP contribution in [0.2, 0.25) is 0 Å². The average molecular weight is 291 g/mol. The van der Waals surface area contributed by atoms with Crippen LogP contribution < -0.4 is 5.32 Å². The van der Waals surface area contributed by atoms with Crippen LogP contribution in [0.4, 0.5) is 0 Å². The van der Waals surface area contributed by atoms with Gasteiger partial charge in [-0.3, -0.25) is 0 Å². The van der Waals surface area contributed by atoms with Crippen molar-refractivity contribution in [2.75, 3.05) is 0 Å². The molecule has 0 aromatic heterocycles. The van der Waals surface area contributed by atoms with E-state index in [0.717, 1.165) is 12.8 Å². The molecule has 112 valence electrons. The van der Waals surface area contributed by atoms with Gasteiger partial charge >= 0.3 is 8.09 Å². The maximum absolute atomic E-state index is 10.4. The predicted octanol–water partition coefficient (Wildman–Crippen LogP) is 2.07. The standard InChI is InChI=1S/C13H28N2O3P/c1-9(2)15(10(3)4)19(16,17)18-13-7-11-5-6-12(8-13)14-11/h9-14,16-17H,5-8H2,1-4H3/q+1. The Labute approximate surface area is 117 Å². The van der Waals surface area contributed by atoms with Gasteiger partial charge in [0.25, 0.3) is 0 Å². The number of hydrogen-bond acceptors (Lipinski definition) is 5. The highest BCUT2D eigenvalue weighted by Gasteiger charge is 2.52. The smallest absolute Gasteiger partial charge is 0.311 e. The quantitative estimate of drug-likeness (QED) is 0.677. The average Bonchev–Trinajstić information content (AvgIpc) is 2.55. The minimum atomic E-state index is -3.45. The van der Waals surface area contributed by atoms with E-state index in [-0.39, 0.29) is 18.2 Å². The summed E-state index contributed by atoms with van der Waals surface area (Å²) in [5.41, 5.74) is 0. The molecule has 0 aromatic carbocycles. The summed E-state index contributed by atoms with van der Waals surface area (Å²) in [6.07, 6.45) is 4.13. The van der Waals surface area contributed by atoms with Gasteiger partial charge in [0.2, 0.25) is 0 Å². The maximum Gasteiger partial charge on any atom is 0.499 e. The zero-order chi connectivity index (χ0) is 14.2. The van der Waals surface area contributed by atoms with Gasteiger partial charge < -0.3 is 5.32 Å². The lowest BCUT2D eigenvalue weighted by Crippen LogP contribution is -2.44. The third-order valence-electron chi connectivity index (χ3n) is 4.08. The first kappa shape index (κ1) is 15.6. The van der Waals surface area contributed by atoms with E-state index in [0.29, 0.717) is 12.1 Å². The number of rotatable bonds is 5. The largest absolute Gasteiger partial charge is 0.499 e. The van der Waals surface area contributed by atoms with Crippen LogP contribution in [0.25, 0.3) is 0 Å². The molecule has 5 nitrogen and oxygen atoms in total. The first-order valence-corrected chi connectivity index (χ1v) is 8.94. The van der Waals surface area contributed by atoms with E-state index in [9.17, 15) is 9.79 Å². The van der Waals surface area contributed by atoms with E-state index in [1.165, 1.54) is 12.8 Å². The van der Waals surface area contributed by atoms with Crippen LogP contribution in [-0.4, -0.2) is 44.7 Å². The monoisotopic (exact) mass is 291 g/mol. The molecule has 0 aromatic rings. The number of nitrogens with zero attached hydrogens (tertiary/aromatic N) is 1. The van der Waals surface area contributed by atoms with Crippen molar-refractivity contribution in [3.63, 3.8) is 0 Å². The lowest BCUT2D eigenvalue weighted by Gasteiger charge is -2.34. The highest BCUT2D eigenvalue weighted by molar-refractivity contribution is 7.57. The lowest BCUT2D eigenvalue weighted by molar-refractivity contribution is 0.0668. The summed E-state index contributed by atoms with van der Waals surface area (Å²) in [5.74, 6) is 0. The zero-order valence-corrected chi connectivity index (χ0v) is 13.3. The van der Waals surface area contributed by atoms with Gasteiger partial charge in [-0.2, -0.15) is 14.3 Å². The molecule has 2 rings (SSSR count). The number of fused-ring (bicyclic) bond motifs is 2. The highest BCUT2D eigenvalue weighted by Crippen LogP contribution is 2.59. The Balaban J connectivity index is 1.99. The Kier molecular flexibility index (Phi) is 4.87. The Morgan fingerprint density at radius 2 is 1.53 bits per heavy atom. The molecule has 6 heteroatoms. The fraction of sp³-hybridized carbons (Fsp3) is 1.00. The van der Waals surface area contributed by atoms with Crippen LogP contribution in [0.3, 0.4) is 0 Å². The van der Waals surface area contributed by atoms with Gasteiger partial charge in [-0.05, 0) is 53.4 Å². The Bertz CT molecular complexity index is 292. The van der Waals surface area contributed by atoms with Gasteiger partial charge in [0, 0.05) is 24.2 Å². The predicted molar refractivity (Wildman–Crippen MR) is 77.5 cm³/mol. The van der Waals surface area contributed by atoms with Gasteiger partial charge in [0.05, 0.1) is 0 Å². The normalized spacial score (nSPS) is 31.7. The lowest BCUT2D eigenvalue weighted by atomic mass is 10.0. The van der Waals surface area contributed by atoms with Gasteiger partial charge in [0.15, 0.2) is 0 Å². The first-order valence-electron chi connectivity index (χ1n) is 7.37. The Morgan fingerprint density at radius 3 is 1.95 bits per heavy atom. The summed E-state index contributed by atoms with van der Waals surface area (Å²) in [7, 11) is -3.45. The van der Waals surface area contributed by atoms with E-state index in [1.807, 2.05) is 27.7 Å². The fourth-order valence-corrected chi connectivity index (χ4v) is 5.43. The molecule has 0 spiro atoms. The minimum absolute atomic E-state index is 0.0258. The van der Waals surface area contributed by atoms with E-state index in [4.69, 9.17) is 4.52 Å². The third kappa shape index (κ3) is 3.66.